The van der Waals surface area contributed by atoms with Gasteiger partial charge in [0.2, 0.25) is 0 Å². The van der Waals surface area contributed by atoms with Crippen LogP contribution in [0.5, 0.6) is 0 Å². The minimum atomic E-state index is -0.503. The third kappa shape index (κ3) is 4.34. The van der Waals surface area contributed by atoms with Gasteiger partial charge >= 0.3 is 5.97 Å². The van der Waals surface area contributed by atoms with Crippen LogP contribution in [-0.4, -0.2) is 18.5 Å². The predicted octanol–water partition coefficient (Wildman–Crippen LogP) is 5.15. The average Bonchev–Trinajstić information content (AvgIpc) is 2.71. The molecule has 0 unspecified atom stereocenters. The minimum Gasteiger partial charge on any atom is -0.452 e. The van der Waals surface area contributed by atoms with E-state index >= 15 is 0 Å². The lowest BCUT2D eigenvalue weighted by atomic mass is 9.97. The fourth-order valence-corrected chi connectivity index (χ4v) is 3.06. The summed E-state index contributed by atoms with van der Waals surface area (Å²) in [4.78, 5) is 24.7. The molecule has 3 rings (SSSR count). The van der Waals surface area contributed by atoms with Crippen molar-refractivity contribution in [1.29, 1.82) is 0 Å². The van der Waals surface area contributed by atoms with Crippen LogP contribution >= 0.6 is 0 Å². The van der Waals surface area contributed by atoms with E-state index in [2.05, 4.69) is 19.2 Å². The number of anilines is 1. The number of para-hydroxylation sites is 1. The first-order valence-corrected chi connectivity index (χ1v) is 9.13. The first-order chi connectivity index (χ1) is 13.1. The SMILES string of the molecule is CC[C@@H](C)c1ccccc1NC(=O)COC(=O)c1cccc2ccccc12. The van der Waals surface area contributed by atoms with Gasteiger partial charge in [-0.15, -0.1) is 0 Å². The van der Waals surface area contributed by atoms with Crippen LogP contribution in [0, 0.1) is 0 Å². The minimum absolute atomic E-state index is 0.323. The van der Waals surface area contributed by atoms with E-state index in [0.29, 0.717) is 11.5 Å². The average molecular weight is 361 g/mol. The topological polar surface area (TPSA) is 55.4 Å². The molecule has 138 valence electrons. The van der Waals surface area contributed by atoms with Gasteiger partial charge in [-0.1, -0.05) is 68.4 Å². The molecule has 0 saturated heterocycles. The van der Waals surface area contributed by atoms with Crippen LogP contribution in [0.1, 0.15) is 42.1 Å². The van der Waals surface area contributed by atoms with Gasteiger partial charge in [0, 0.05) is 5.69 Å². The van der Waals surface area contributed by atoms with E-state index in [1.807, 2.05) is 54.6 Å². The number of carbonyl (C=O) groups is 2. The Morgan fingerprint density at radius 2 is 1.67 bits per heavy atom. The first-order valence-electron chi connectivity index (χ1n) is 9.13. The number of benzene rings is 3. The normalized spacial score (nSPS) is 11.8. The molecule has 0 heterocycles. The zero-order valence-electron chi connectivity index (χ0n) is 15.6. The summed E-state index contributed by atoms with van der Waals surface area (Å²) in [6.45, 7) is 3.90. The molecule has 27 heavy (non-hydrogen) atoms. The monoisotopic (exact) mass is 361 g/mol. The second kappa shape index (κ2) is 8.49. The van der Waals surface area contributed by atoms with Gasteiger partial charge < -0.3 is 10.1 Å². The lowest BCUT2D eigenvalue weighted by Crippen LogP contribution is -2.21. The van der Waals surface area contributed by atoms with Crippen molar-refractivity contribution in [3.8, 4) is 0 Å². The second-order valence-electron chi connectivity index (χ2n) is 6.55. The Hall–Kier alpha value is -3.14. The van der Waals surface area contributed by atoms with Crippen molar-refractivity contribution in [1.82, 2.24) is 0 Å². The van der Waals surface area contributed by atoms with Crippen molar-refractivity contribution in [2.45, 2.75) is 26.2 Å². The lowest BCUT2D eigenvalue weighted by Gasteiger charge is -2.15. The molecular formula is C23H23NO3. The summed E-state index contributed by atoms with van der Waals surface area (Å²) in [6, 6.07) is 20.8. The van der Waals surface area contributed by atoms with Crippen LogP contribution in [0.15, 0.2) is 66.7 Å². The van der Waals surface area contributed by atoms with E-state index in [4.69, 9.17) is 4.74 Å². The van der Waals surface area contributed by atoms with Crippen molar-refractivity contribution < 1.29 is 14.3 Å². The third-order valence-electron chi connectivity index (χ3n) is 4.72. The highest BCUT2D eigenvalue weighted by atomic mass is 16.5. The Kier molecular flexibility index (Phi) is 5.87. The summed E-state index contributed by atoms with van der Waals surface area (Å²) in [5, 5.41) is 4.62. The van der Waals surface area contributed by atoms with Crippen molar-refractivity contribution in [2.24, 2.45) is 0 Å². The maximum absolute atomic E-state index is 12.4. The van der Waals surface area contributed by atoms with Crippen LogP contribution in [0.25, 0.3) is 10.8 Å². The fourth-order valence-electron chi connectivity index (χ4n) is 3.06. The number of fused-ring (bicyclic) bond motifs is 1. The van der Waals surface area contributed by atoms with Crippen LogP contribution in [-0.2, 0) is 9.53 Å². The van der Waals surface area contributed by atoms with Gasteiger partial charge in [0.25, 0.3) is 5.91 Å². The summed E-state index contributed by atoms with van der Waals surface area (Å²) < 4.78 is 5.25. The maximum Gasteiger partial charge on any atom is 0.339 e. The molecule has 0 saturated carbocycles. The number of rotatable bonds is 6. The summed E-state index contributed by atoms with van der Waals surface area (Å²) in [7, 11) is 0. The molecule has 1 atom stereocenters. The molecule has 3 aromatic rings. The Bertz CT molecular complexity index is 959. The first kappa shape index (κ1) is 18.6. The fraction of sp³-hybridized carbons (Fsp3) is 0.217. The Morgan fingerprint density at radius 3 is 2.48 bits per heavy atom. The maximum atomic E-state index is 12.4. The zero-order chi connectivity index (χ0) is 19.2. The number of esters is 1. The lowest BCUT2D eigenvalue weighted by molar-refractivity contribution is -0.119. The molecular weight excluding hydrogens is 338 g/mol. The van der Waals surface area contributed by atoms with Crippen molar-refractivity contribution in [2.75, 3.05) is 11.9 Å². The molecule has 4 heteroatoms. The van der Waals surface area contributed by atoms with Crippen LogP contribution in [0.4, 0.5) is 5.69 Å². The van der Waals surface area contributed by atoms with E-state index in [9.17, 15) is 9.59 Å². The van der Waals surface area contributed by atoms with Crippen molar-refractivity contribution >= 4 is 28.3 Å². The molecule has 1 N–H and O–H groups in total. The standard InChI is InChI=1S/C23H23NO3/c1-3-16(2)18-11-6-7-14-21(18)24-22(25)15-27-23(26)20-13-8-10-17-9-4-5-12-19(17)20/h4-14,16H,3,15H2,1-2H3,(H,24,25)/t16-/m1/s1. The summed E-state index contributed by atoms with van der Waals surface area (Å²) in [6.07, 6.45) is 0.975. The molecule has 0 fully saturated rings. The molecule has 0 aromatic heterocycles. The van der Waals surface area contributed by atoms with Gasteiger partial charge in [-0.05, 0) is 40.8 Å². The van der Waals surface area contributed by atoms with E-state index in [1.165, 1.54) is 0 Å². The molecule has 3 aromatic carbocycles. The van der Waals surface area contributed by atoms with Gasteiger partial charge in [0.15, 0.2) is 6.61 Å². The quantitative estimate of drug-likeness (QED) is 0.618. The highest BCUT2D eigenvalue weighted by Crippen LogP contribution is 2.26. The summed E-state index contributed by atoms with van der Waals surface area (Å²) in [5.41, 5.74) is 2.30. The summed E-state index contributed by atoms with van der Waals surface area (Å²) in [5.74, 6) is -0.517. The number of carbonyl (C=O) groups excluding carboxylic acids is 2. The van der Waals surface area contributed by atoms with E-state index in [-0.39, 0.29) is 12.5 Å². The molecule has 0 aliphatic carbocycles. The van der Waals surface area contributed by atoms with Crippen LogP contribution in [0.2, 0.25) is 0 Å². The number of hydrogen-bond donors (Lipinski definition) is 1. The van der Waals surface area contributed by atoms with Gasteiger partial charge in [-0.25, -0.2) is 4.79 Å². The van der Waals surface area contributed by atoms with E-state index < -0.39 is 5.97 Å². The van der Waals surface area contributed by atoms with Crippen molar-refractivity contribution in [3.63, 3.8) is 0 Å². The Balaban J connectivity index is 1.67. The highest BCUT2D eigenvalue weighted by molar-refractivity contribution is 6.05. The molecule has 0 radical (unpaired) electrons. The van der Waals surface area contributed by atoms with E-state index in [0.717, 1.165) is 28.4 Å². The van der Waals surface area contributed by atoms with E-state index in [1.54, 1.807) is 12.1 Å². The smallest absolute Gasteiger partial charge is 0.339 e. The van der Waals surface area contributed by atoms with Gasteiger partial charge in [0.05, 0.1) is 5.56 Å². The molecule has 0 spiro atoms. The Morgan fingerprint density at radius 1 is 0.963 bits per heavy atom. The predicted molar refractivity (Wildman–Crippen MR) is 108 cm³/mol. The van der Waals surface area contributed by atoms with Gasteiger partial charge in [-0.3, -0.25) is 4.79 Å². The number of nitrogens with one attached hydrogen (secondary N) is 1. The zero-order valence-corrected chi connectivity index (χ0v) is 15.6. The molecule has 0 bridgehead atoms. The highest BCUT2D eigenvalue weighted by Gasteiger charge is 2.15. The second-order valence-corrected chi connectivity index (χ2v) is 6.55. The molecule has 0 aliphatic rings. The number of ether oxygens (including phenoxy) is 1. The van der Waals surface area contributed by atoms with Gasteiger partial charge in [0.1, 0.15) is 0 Å². The van der Waals surface area contributed by atoms with Crippen LogP contribution in [0.3, 0.4) is 0 Å². The summed E-state index contributed by atoms with van der Waals surface area (Å²) >= 11 is 0. The third-order valence-corrected chi connectivity index (χ3v) is 4.72. The van der Waals surface area contributed by atoms with Crippen molar-refractivity contribution in [3.05, 3.63) is 77.9 Å². The molecule has 4 nitrogen and oxygen atoms in total. The van der Waals surface area contributed by atoms with Gasteiger partial charge in [-0.2, -0.15) is 0 Å². The van der Waals surface area contributed by atoms with Crippen LogP contribution < -0.4 is 5.32 Å². The Labute approximate surface area is 159 Å². The largest absolute Gasteiger partial charge is 0.452 e. The molecule has 1 amide bonds. The number of amides is 1. The molecule has 0 aliphatic heterocycles. The number of hydrogen-bond acceptors (Lipinski definition) is 3.